The number of nitrogens with zero attached hydrogens (tertiary/aromatic N) is 1. The number of benzene rings is 1. The van der Waals surface area contributed by atoms with Gasteiger partial charge in [-0.3, -0.25) is 14.6 Å². The highest BCUT2D eigenvalue weighted by molar-refractivity contribution is 6.13. The second kappa shape index (κ2) is 7.70. The fraction of sp³-hybridized carbons (Fsp3) is 0.263. The second-order valence-electron chi connectivity index (χ2n) is 5.63. The summed E-state index contributed by atoms with van der Waals surface area (Å²) in [5.41, 5.74) is 7.52. The van der Waals surface area contributed by atoms with Gasteiger partial charge in [-0.05, 0) is 42.7 Å². The zero-order chi connectivity index (χ0) is 18.6. The third-order valence-electron chi connectivity index (χ3n) is 4.01. The van der Waals surface area contributed by atoms with Crippen molar-refractivity contribution in [3.8, 4) is 0 Å². The van der Waals surface area contributed by atoms with Crippen molar-refractivity contribution in [1.29, 1.82) is 0 Å². The molecule has 1 heterocycles. The molecule has 0 aliphatic rings. The van der Waals surface area contributed by atoms with Crippen LogP contribution in [0.15, 0.2) is 30.6 Å². The number of ketones is 1. The number of hydrogen-bond acceptors (Lipinski definition) is 5. The van der Waals surface area contributed by atoms with Crippen molar-refractivity contribution in [2.75, 3.05) is 7.11 Å². The number of methoxy groups -OCH3 is 1. The van der Waals surface area contributed by atoms with Gasteiger partial charge in [-0.1, -0.05) is 13.3 Å². The molecule has 6 heteroatoms. The summed E-state index contributed by atoms with van der Waals surface area (Å²) in [6, 6.07) is 4.74. The van der Waals surface area contributed by atoms with Crippen molar-refractivity contribution in [2.45, 2.75) is 26.7 Å². The molecule has 0 spiro atoms. The lowest BCUT2D eigenvalue weighted by atomic mass is 9.87. The molecule has 2 rings (SSSR count). The van der Waals surface area contributed by atoms with Gasteiger partial charge >= 0.3 is 5.97 Å². The number of esters is 1. The number of amides is 1. The Labute approximate surface area is 146 Å². The van der Waals surface area contributed by atoms with Gasteiger partial charge in [0.15, 0.2) is 5.78 Å². The number of carbonyl (C=O) groups excluding carboxylic acids is 3. The van der Waals surface area contributed by atoms with Gasteiger partial charge in [0.1, 0.15) is 0 Å². The molecular weight excluding hydrogens is 320 g/mol. The Morgan fingerprint density at radius 1 is 1.24 bits per heavy atom. The molecule has 1 aromatic carbocycles. The fourth-order valence-electron chi connectivity index (χ4n) is 2.86. The maximum atomic E-state index is 12.8. The zero-order valence-corrected chi connectivity index (χ0v) is 14.5. The van der Waals surface area contributed by atoms with E-state index in [1.54, 1.807) is 25.3 Å². The first-order valence-corrected chi connectivity index (χ1v) is 7.91. The SMILES string of the molecule is CCCc1c(C(=O)OC)cc(C(=O)c2cccnc2)c(C)c1C(N)=O. The maximum Gasteiger partial charge on any atom is 0.338 e. The Kier molecular flexibility index (Phi) is 5.64. The molecule has 0 atom stereocenters. The predicted molar refractivity (Wildman–Crippen MR) is 92.7 cm³/mol. The largest absolute Gasteiger partial charge is 0.465 e. The highest BCUT2D eigenvalue weighted by Gasteiger charge is 2.25. The summed E-state index contributed by atoms with van der Waals surface area (Å²) in [5, 5.41) is 0. The normalized spacial score (nSPS) is 10.4. The Hall–Kier alpha value is -3.02. The van der Waals surface area contributed by atoms with Gasteiger partial charge in [-0.2, -0.15) is 0 Å². The van der Waals surface area contributed by atoms with E-state index in [1.165, 1.54) is 19.4 Å². The maximum absolute atomic E-state index is 12.8. The number of aromatic nitrogens is 1. The number of hydrogen-bond donors (Lipinski definition) is 1. The molecule has 0 radical (unpaired) electrons. The monoisotopic (exact) mass is 340 g/mol. The van der Waals surface area contributed by atoms with Gasteiger partial charge < -0.3 is 10.5 Å². The Morgan fingerprint density at radius 2 is 1.96 bits per heavy atom. The minimum absolute atomic E-state index is 0.191. The van der Waals surface area contributed by atoms with Gasteiger partial charge in [-0.15, -0.1) is 0 Å². The smallest absolute Gasteiger partial charge is 0.338 e. The van der Waals surface area contributed by atoms with Crippen molar-refractivity contribution in [2.24, 2.45) is 5.73 Å². The van der Waals surface area contributed by atoms with E-state index in [-0.39, 0.29) is 22.5 Å². The van der Waals surface area contributed by atoms with Gasteiger partial charge in [0.25, 0.3) is 0 Å². The standard InChI is InChI=1S/C19H20N2O4/c1-4-6-13-15(19(24)25-3)9-14(11(2)16(13)18(20)23)17(22)12-7-5-8-21-10-12/h5,7-10H,4,6H2,1-3H3,(H2,20,23). The Balaban J connectivity index is 2.77. The van der Waals surface area contributed by atoms with E-state index in [0.29, 0.717) is 29.5 Å². The molecule has 2 aromatic rings. The van der Waals surface area contributed by atoms with Crippen LogP contribution in [0.3, 0.4) is 0 Å². The van der Waals surface area contributed by atoms with Crippen molar-refractivity contribution in [3.63, 3.8) is 0 Å². The number of pyridine rings is 1. The first-order valence-electron chi connectivity index (χ1n) is 7.91. The lowest BCUT2D eigenvalue weighted by molar-refractivity contribution is 0.0599. The van der Waals surface area contributed by atoms with Crippen LogP contribution in [0.2, 0.25) is 0 Å². The molecule has 25 heavy (non-hydrogen) atoms. The number of carbonyl (C=O) groups is 3. The van der Waals surface area contributed by atoms with Crippen LogP contribution in [0.25, 0.3) is 0 Å². The van der Waals surface area contributed by atoms with Crippen LogP contribution in [0.5, 0.6) is 0 Å². The summed E-state index contributed by atoms with van der Waals surface area (Å²) >= 11 is 0. The Morgan fingerprint density at radius 3 is 2.48 bits per heavy atom. The lowest BCUT2D eigenvalue weighted by Crippen LogP contribution is -2.22. The molecule has 0 saturated carbocycles. The van der Waals surface area contributed by atoms with Gasteiger partial charge in [0.2, 0.25) is 5.91 Å². The van der Waals surface area contributed by atoms with Gasteiger partial charge in [0, 0.05) is 29.1 Å². The minimum atomic E-state index is -0.674. The number of rotatable bonds is 6. The molecule has 0 aliphatic heterocycles. The molecule has 6 nitrogen and oxygen atoms in total. The van der Waals surface area contributed by atoms with Crippen molar-refractivity contribution < 1.29 is 19.1 Å². The first kappa shape index (κ1) is 18.3. The molecule has 1 aromatic heterocycles. The van der Waals surface area contributed by atoms with Crippen LogP contribution >= 0.6 is 0 Å². The number of ether oxygens (including phenoxy) is 1. The molecule has 0 bridgehead atoms. The quantitative estimate of drug-likeness (QED) is 0.643. The van der Waals surface area contributed by atoms with Crippen LogP contribution < -0.4 is 5.73 Å². The summed E-state index contributed by atoms with van der Waals surface area (Å²) in [7, 11) is 1.25. The summed E-state index contributed by atoms with van der Waals surface area (Å²) < 4.78 is 4.82. The van der Waals surface area contributed by atoms with E-state index in [4.69, 9.17) is 10.5 Å². The average molecular weight is 340 g/mol. The summed E-state index contributed by atoms with van der Waals surface area (Å²) in [6.07, 6.45) is 4.18. The van der Waals surface area contributed by atoms with Gasteiger partial charge in [0.05, 0.1) is 12.7 Å². The molecule has 0 fully saturated rings. The highest BCUT2D eigenvalue weighted by atomic mass is 16.5. The molecule has 0 aliphatic carbocycles. The zero-order valence-electron chi connectivity index (χ0n) is 14.5. The summed E-state index contributed by atoms with van der Waals surface area (Å²) in [6.45, 7) is 3.58. The Bertz CT molecular complexity index is 829. The van der Waals surface area contributed by atoms with Crippen LogP contribution in [-0.2, 0) is 11.2 Å². The van der Waals surface area contributed by atoms with Crippen molar-refractivity contribution in [3.05, 3.63) is 64.0 Å². The van der Waals surface area contributed by atoms with Crippen LogP contribution in [0, 0.1) is 6.92 Å². The molecule has 130 valence electrons. The first-order chi connectivity index (χ1) is 11.9. The van der Waals surface area contributed by atoms with E-state index >= 15 is 0 Å². The number of primary amides is 1. The summed E-state index contributed by atoms with van der Waals surface area (Å²) in [4.78, 5) is 41.0. The molecule has 2 N–H and O–H groups in total. The van der Waals surface area contributed by atoms with E-state index in [9.17, 15) is 14.4 Å². The van der Waals surface area contributed by atoms with E-state index < -0.39 is 11.9 Å². The third kappa shape index (κ3) is 3.57. The van der Waals surface area contributed by atoms with E-state index in [2.05, 4.69) is 4.98 Å². The van der Waals surface area contributed by atoms with Crippen LogP contribution in [0.4, 0.5) is 0 Å². The third-order valence-corrected chi connectivity index (χ3v) is 4.01. The fourth-order valence-corrected chi connectivity index (χ4v) is 2.86. The average Bonchev–Trinajstić information content (AvgIpc) is 2.61. The molecule has 1 amide bonds. The van der Waals surface area contributed by atoms with E-state index in [0.717, 1.165) is 0 Å². The van der Waals surface area contributed by atoms with Crippen LogP contribution in [0.1, 0.15) is 61.1 Å². The molecule has 0 unspecified atom stereocenters. The minimum Gasteiger partial charge on any atom is -0.465 e. The van der Waals surface area contributed by atoms with E-state index in [1.807, 2.05) is 6.92 Å². The van der Waals surface area contributed by atoms with Gasteiger partial charge in [-0.25, -0.2) is 4.79 Å². The second-order valence-corrected chi connectivity index (χ2v) is 5.63. The summed E-state index contributed by atoms with van der Waals surface area (Å²) in [5.74, 6) is -1.61. The molecular formula is C19H20N2O4. The lowest BCUT2D eigenvalue weighted by Gasteiger charge is -2.17. The molecule has 0 saturated heterocycles. The van der Waals surface area contributed by atoms with Crippen molar-refractivity contribution >= 4 is 17.7 Å². The van der Waals surface area contributed by atoms with Crippen molar-refractivity contribution in [1.82, 2.24) is 4.98 Å². The highest BCUT2D eigenvalue weighted by Crippen LogP contribution is 2.27. The predicted octanol–water partition coefficient (Wildman–Crippen LogP) is 2.46. The topological polar surface area (TPSA) is 99.3 Å². The van der Waals surface area contributed by atoms with Crippen LogP contribution in [-0.4, -0.2) is 29.8 Å². The number of nitrogens with two attached hydrogens (primary N) is 1.